The summed E-state index contributed by atoms with van der Waals surface area (Å²) in [6.45, 7) is 0. The minimum absolute atomic E-state index is 0.0499. The third kappa shape index (κ3) is 1.50. The number of nitriles is 1. The zero-order valence-electron chi connectivity index (χ0n) is 5.54. The van der Waals surface area contributed by atoms with E-state index in [1.165, 1.54) is 0 Å². The molecule has 0 bridgehead atoms. The molecule has 0 unspecified atom stereocenters. The molecule has 0 heterocycles. The van der Waals surface area contributed by atoms with Gasteiger partial charge in [0.25, 0.3) is 0 Å². The third-order valence-corrected chi connectivity index (χ3v) is 2.60. The average molecular weight is 297 g/mol. The normalized spacial score (nSPS) is 9.58. The Hall–Kier alpha value is -0.470. The highest BCUT2D eigenvalue weighted by Crippen LogP contribution is 2.29. The minimum Gasteiger partial charge on any atom is -0.204 e. The van der Waals surface area contributed by atoms with E-state index in [2.05, 4.69) is 31.9 Å². The molecule has 1 aromatic carbocycles. The van der Waals surface area contributed by atoms with Crippen molar-refractivity contribution in [2.75, 3.05) is 0 Å². The Kier molecular flexibility index (Phi) is 2.80. The van der Waals surface area contributed by atoms with Crippen LogP contribution in [0.5, 0.6) is 0 Å². The fourth-order valence-electron chi connectivity index (χ4n) is 0.669. The molecule has 5 heteroatoms. The molecule has 0 N–H and O–H groups in total. The van der Waals surface area contributed by atoms with E-state index in [1.807, 2.05) is 0 Å². The van der Waals surface area contributed by atoms with Crippen LogP contribution < -0.4 is 0 Å². The molecule has 62 valence electrons. The molecule has 0 aliphatic carbocycles. The molecule has 0 amide bonds. The predicted molar refractivity (Wildman–Crippen MR) is 46.5 cm³/mol. The van der Waals surface area contributed by atoms with Crippen LogP contribution in [-0.2, 0) is 0 Å². The zero-order valence-corrected chi connectivity index (χ0v) is 8.71. The number of benzene rings is 1. The van der Waals surface area contributed by atoms with E-state index in [0.717, 1.165) is 6.07 Å². The van der Waals surface area contributed by atoms with E-state index in [0.29, 0.717) is 0 Å². The first-order chi connectivity index (χ1) is 5.57. The van der Waals surface area contributed by atoms with Crippen LogP contribution >= 0.6 is 31.9 Å². The summed E-state index contributed by atoms with van der Waals surface area (Å²) in [5.41, 5.74) is 0.0499. The third-order valence-electron chi connectivity index (χ3n) is 1.23. The fourth-order valence-corrected chi connectivity index (χ4v) is 1.91. The second-order valence-electron chi connectivity index (χ2n) is 1.95. The summed E-state index contributed by atoms with van der Waals surface area (Å²) in [6, 6.07) is 2.65. The highest BCUT2D eigenvalue weighted by Gasteiger charge is 2.14. The summed E-state index contributed by atoms with van der Waals surface area (Å²) >= 11 is 5.71. The fraction of sp³-hybridized carbons (Fsp3) is 0. The van der Waals surface area contributed by atoms with Crippen molar-refractivity contribution >= 4 is 31.9 Å². The Bertz CT molecular complexity index is 371. The van der Waals surface area contributed by atoms with Crippen LogP contribution in [0.2, 0.25) is 0 Å². The molecule has 1 rings (SSSR count). The molecule has 0 saturated carbocycles. The first-order valence-electron chi connectivity index (χ1n) is 2.81. The van der Waals surface area contributed by atoms with Gasteiger partial charge in [0, 0.05) is 4.47 Å². The largest absolute Gasteiger partial charge is 0.204 e. The van der Waals surface area contributed by atoms with E-state index in [4.69, 9.17) is 5.26 Å². The molecule has 1 aromatic rings. The van der Waals surface area contributed by atoms with Crippen LogP contribution in [0.3, 0.4) is 0 Å². The quantitative estimate of drug-likeness (QED) is 0.532. The maximum atomic E-state index is 12.8. The van der Waals surface area contributed by atoms with Gasteiger partial charge in [-0.1, -0.05) is 0 Å². The molecule has 0 spiro atoms. The summed E-state index contributed by atoms with van der Waals surface area (Å²) in [7, 11) is 0. The summed E-state index contributed by atoms with van der Waals surface area (Å²) in [5, 5.41) is 8.52. The Morgan fingerprint density at radius 3 is 2.42 bits per heavy atom. The molecule has 0 fully saturated rings. The van der Waals surface area contributed by atoms with Gasteiger partial charge in [-0.25, -0.2) is 8.78 Å². The van der Waals surface area contributed by atoms with Gasteiger partial charge < -0.3 is 0 Å². The molecule has 0 aromatic heterocycles. The molecule has 12 heavy (non-hydrogen) atoms. The van der Waals surface area contributed by atoms with E-state index in [-0.39, 0.29) is 14.5 Å². The molecular formula is C7HBr2F2N. The van der Waals surface area contributed by atoms with Gasteiger partial charge in [0.2, 0.25) is 0 Å². The van der Waals surface area contributed by atoms with Crippen LogP contribution in [0, 0.1) is 23.0 Å². The molecule has 0 radical (unpaired) electrons. The second-order valence-corrected chi connectivity index (χ2v) is 3.60. The van der Waals surface area contributed by atoms with Gasteiger partial charge in [0.15, 0.2) is 11.6 Å². The van der Waals surface area contributed by atoms with Crippen molar-refractivity contribution in [1.29, 1.82) is 5.26 Å². The summed E-state index contributed by atoms with van der Waals surface area (Å²) < 4.78 is 25.5. The highest BCUT2D eigenvalue weighted by atomic mass is 79.9. The average Bonchev–Trinajstić information content (AvgIpc) is 2.01. The van der Waals surface area contributed by atoms with Gasteiger partial charge in [-0.15, -0.1) is 0 Å². The summed E-state index contributed by atoms with van der Waals surface area (Å²) in [4.78, 5) is 0. The lowest BCUT2D eigenvalue weighted by molar-refractivity contribution is 0.503. The first-order valence-corrected chi connectivity index (χ1v) is 4.39. The monoisotopic (exact) mass is 295 g/mol. The maximum Gasteiger partial charge on any atom is 0.174 e. The van der Waals surface area contributed by atoms with Crippen molar-refractivity contribution in [2.45, 2.75) is 0 Å². The van der Waals surface area contributed by atoms with Gasteiger partial charge in [0.05, 0.1) is 10.0 Å². The van der Waals surface area contributed by atoms with Gasteiger partial charge in [-0.3, -0.25) is 0 Å². The van der Waals surface area contributed by atoms with Gasteiger partial charge in [-0.2, -0.15) is 5.26 Å². The molecule has 1 nitrogen and oxygen atoms in total. The van der Waals surface area contributed by atoms with E-state index in [1.54, 1.807) is 6.07 Å². The number of nitrogens with zero attached hydrogens (tertiary/aromatic N) is 1. The smallest absolute Gasteiger partial charge is 0.174 e. The van der Waals surface area contributed by atoms with E-state index >= 15 is 0 Å². The van der Waals surface area contributed by atoms with Crippen LogP contribution in [0.15, 0.2) is 15.0 Å². The Balaban J connectivity index is 3.54. The van der Waals surface area contributed by atoms with Gasteiger partial charge >= 0.3 is 0 Å². The van der Waals surface area contributed by atoms with Crippen LogP contribution in [-0.4, -0.2) is 0 Å². The molecular weight excluding hydrogens is 296 g/mol. The number of halogens is 4. The minimum atomic E-state index is -1.05. The maximum absolute atomic E-state index is 12.8. The van der Waals surface area contributed by atoms with Crippen molar-refractivity contribution in [3.8, 4) is 6.07 Å². The second kappa shape index (κ2) is 3.50. The number of hydrogen-bond donors (Lipinski definition) is 0. The van der Waals surface area contributed by atoms with Crippen molar-refractivity contribution in [1.82, 2.24) is 0 Å². The molecule has 0 saturated heterocycles. The SMILES string of the molecule is N#Cc1c(Br)cc(F)c(F)c1Br. The van der Waals surface area contributed by atoms with Crippen molar-refractivity contribution in [3.05, 3.63) is 32.2 Å². The lowest BCUT2D eigenvalue weighted by atomic mass is 10.2. The van der Waals surface area contributed by atoms with Crippen LogP contribution in [0.25, 0.3) is 0 Å². The first kappa shape index (κ1) is 9.62. The number of rotatable bonds is 0. The van der Waals surface area contributed by atoms with E-state index < -0.39 is 11.6 Å². The van der Waals surface area contributed by atoms with Crippen LogP contribution in [0.1, 0.15) is 5.56 Å². The molecule has 0 aliphatic rings. The van der Waals surface area contributed by atoms with Crippen molar-refractivity contribution < 1.29 is 8.78 Å². The molecule has 0 aliphatic heterocycles. The van der Waals surface area contributed by atoms with E-state index in [9.17, 15) is 8.78 Å². The Labute approximate surface area is 84.3 Å². The van der Waals surface area contributed by atoms with Gasteiger partial charge in [0.1, 0.15) is 6.07 Å². The lowest BCUT2D eigenvalue weighted by Gasteiger charge is -2.00. The predicted octanol–water partition coefficient (Wildman–Crippen LogP) is 3.36. The number of hydrogen-bond acceptors (Lipinski definition) is 1. The zero-order chi connectivity index (χ0) is 9.30. The standard InChI is InChI=1S/C7HBr2F2N/c8-4-1-5(10)7(11)6(9)3(4)2-12/h1H. The topological polar surface area (TPSA) is 23.8 Å². The highest BCUT2D eigenvalue weighted by molar-refractivity contribution is 9.11. The summed E-state index contributed by atoms with van der Waals surface area (Å²) in [5.74, 6) is -2.04. The lowest BCUT2D eigenvalue weighted by Crippen LogP contribution is -1.90. The van der Waals surface area contributed by atoms with Crippen molar-refractivity contribution in [3.63, 3.8) is 0 Å². The van der Waals surface area contributed by atoms with Crippen LogP contribution in [0.4, 0.5) is 8.78 Å². The van der Waals surface area contributed by atoms with Crippen molar-refractivity contribution in [2.24, 2.45) is 0 Å². The Morgan fingerprint density at radius 1 is 1.33 bits per heavy atom. The molecule has 0 atom stereocenters. The summed E-state index contributed by atoms with van der Waals surface area (Å²) in [6.07, 6.45) is 0. The van der Waals surface area contributed by atoms with Gasteiger partial charge in [-0.05, 0) is 37.9 Å². The Morgan fingerprint density at radius 2 is 1.92 bits per heavy atom.